The molecular formula is C56H46N2O4. The van der Waals surface area contributed by atoms with Crippen molar-refractivity contribution in [2.24, 2.45) is 9.98 Å². The lowest BCUT2D eigenvalue weighted by molar-refractivity contribution is 0.300. The molecular weight excluding hydrogens is 765 g/mol. The first kappa shape index (κ1) is 39.7. The summed E-state index contributed by atoms with van der Waals surface area (Å²) >= 11 is 0. The molecule has 0 unspecified atom stereocenters. The molecule has 8 aromatic carbocycles. The van der Waals surface area contributed by atoms with E-state index >= 15 is 0 Å². The molecule has 6 heteroatoms. The van der Waals surface area contributed by atoms with Crippen LogP contribution in [0, 0.1) is 0 Å². The molecule has 0 amide bonds. The van der Waals surface area contributed by atoms with Crippen LogP contribution in [0.15, 0.2) is 192 Å². The van der Waals surface area contributed by atoms with E-state index in [2.05, 4.69) is 24.3 Å². The van der Waals surface area contributed by atoms with Crippen molar-refractivity contribution in [3.05, 3.63) is 249 Å². The molecule has 0 saturated carbocycles. The number of aromatic hydroxyl groups is 2. The maximum Gasteiger partial charge on any atom is 0.126 e. The number of benzene rings is 8. The lowest BCUT2D eigenvalue weighted by Crippen LogP contribution is -2.06. The van der Waals surface area contributed by atoms with Crippen LogP contribution in [0.3, 0.4) is 0 Å². The number of nitrogens with zero attached hydrogens (tertiary/aromatic N) is 2. The van der Waals surface area contributed by atoms with Crippen LogP contribution in [0.1, 0.15) is 66.8 Å². The van der Waals surface area contributed by atoms with Gasteiger partial charge in [0.2, 0.25) is 0 Å². The Hall–Kier alpha value is -7.70. The SMILES string of the molecule is Oc1c2cc(N=Cc3ccccc3)cc1Cc1cccc(c1OCc1ccccc1)Cc1cc(N=Cc3ccccc3)cc(c1O)Cc1cccc(c1OCc1ccccc1)C2. The average molecular weight is 811 g/mol. The first-order valence-electron chi connectivity index (χ1n) is 20.9. The molecule has 6 nitrogen and oxygen atoms in total. The number of rotatable bonds is 10. The van der Waals surface area contributed by atoms with Crippen molar-refractivity contribution in [2.45, 2.75) is 38.9 Å². The molecule has 1 aliphatic rings. The van der Waals surface area contributed by atoms with E-state index in [1.807, 2.05) is 170 Å². The fraction of sp³-hybridized carbons (Fsp3) is 0.107. The molecule has 0 atom stereocenters. The highest BCUT2D eigenvalue weighted by Crippen LogP contribution is 2.41. The van der Waals surface area contributed by atoms with Crippen LogP contribution in [-0.4, -0.2) is 22.6 Å². The number of para-hydroxylation sites is 2. The number of hydrogen-bond donors (Lipinski definition) is 2. The van der Waals surface area contributed by atoms with Crippen LogP contribution in [-0.2, 0) is 38.9 Å². The molecule has 9 rings (SSSR count). The summed E-state index contributed by atoms with van der Waals surface area (Å²) in [6, 6.07) is 60.3. The van der Waals surface area contributed by atoms with Crippen LogP contribution in [0.5, 0.6) is 23.0 Å². The van der Waals surface area contributed by atoms with Gasteiger partial charge in [-0.3, -0.25) is 9.98 Å². The third-order valence-corrected chi connectivity index (χ3v) is 11.2. The average Bonchev–Trinajstić information content (AvgIpc) is 3.31. The van der Waals surface area contributed by atoms with Crippen LogP contribution < -0.4 is 9.47 Å². The summed E-state index contributed by atoms with van der Waals surface area (Å²) < 4.78 is 13.5. The maximum absolute atomic E-state index is 12.3. The Morgan fingerprint density at radius 1 is 0.371 bits per heavy atom. The normalized spacial score (nSPS) is 12.4. The number of hydrogen-bond acceptors (Lipinski definition) is 6. The van der Waals surface area contributed by atoms with Crippen LogP contribution in [0.4, 0.5) is 11.4 Å². The van der Waals surface area contributed by atoms with Crippen LogP contribution in [0.25, 0.3) is 0 Å². The van der Waals surface area contributed by atoms with Crippen molar-refractivity contribution in [3.8, 4) is 23.0 Å². The molecule has 0 saturated heterocycles. The molecule has 8 aromatic rings. The van der Waals surface area contributed by atoms with Gasteiger partial charge in [0.1, 0.15) is 36.2 Å². The van der Waals surface area contributed by atoms with Gasteiger partial charge in [-0.1, -0.05) is 158 Å². The van der Waals surface area contributed by atoms with E-state index in [1.54, 1.807) is 0 Å². The molecule has 2 N–H and O–H groups in total. The van der Waals surface area contributed by atoms with Gasteiger partial charge in [-0.25, -0.2) is 0 Å². The molecule has 0 fully saturated rings. The van der Waals surface area contributed by atoms with E-state index in [0.29, 0.717) is 50.4 Å². The summed E-state index contributed by atoms with van der Waals surface area (Å²) in [4.78, 5) is 9.88. The molecule has 8 bridgehead atoms. The topological polar surface area (TPSA) is 83.6 Å². The lowest BCUT2D eigenvalue weighted by Gasteiger charge is -2.21. The number of phenolic OH excluding ortho intramolecular Hbond substituents is 2. The van der Waals surface area contributed by atoms with Gasteiger partial charge in [0.25, 0.3) is 0 Å². The van der Waals surface area contributed by atoms with Gasteiger partial charge in [-0.2, -0.15) is 0 Å². The van der Waals surface area contributed by atoms with Crippen LogP contribution >= 0.6 is 0 Å². The van der Waals surface area contributed by atoms with Gasteiger partial charge in [-0.05, 0) is 68.8 Å². The highest BCUT2D eigenvalue weighted by Gasteiger charge is 2.22. The van der Waals surface area contributed by atoms with Crippen molar-refractivity contribution < 1.29 is 19.7 Å². The summed E-state index contributed by atoms with van der Waals surface area (Å²) in [6.07, 6.45) is 5.22. The predicted octanol–water partition coefficient (Wildman–Crippen LogP) is 12.4. The van der Waals surface area contributed by atoms with E-state index in [4.69, 9.17) is 19.5 Å². The second-order valence-corrected chi connectivity index (χ2v) is 15.6. The molecule has 0 heterocycles. The minimum absolute atomic E-state index is 0.207. The first-order valence-corrected chi connectivity index (χ1v) is 20.9. The highest BCUT2D eigenvalue weighted by atomic mass is 16.5. The summed E-state index contributed by atoms with van der Waals surface area (Å²) in [5.41, 5.74) is 12.0. The Bertz CT molecular complexity index is 2570. The largest absolute Gasteiger partial charge is 0.507 e. The van der Waals surface area contributed by atoms with Crippen molar-refractivity contribution in [1.29, 1.82) is 0 Å². The number of ether oxygens (including phenoxy) is 2. The molecule has 0 aromatic heterocycles. The monoisotopic (exact) mass is 810 g/mol. The Kier molecular flexibility index (Phi) is 12.0. The molecule has 0 spiro atoms. The fourth-order valence-corrected chi connectivity index (χ4v) is 8.03. The Labute approximate surface area is 362 Å². The van der Waals surface area contributed by atoms with Gasteiger partial charge >= 0.3 is 0 Å². The number of fused-ring (bicyclic) bond motifs is 8. The zero-order valence-electron chi connectivity index (χ0n) is 34.3. The van der Waals surface area contributed by atoms with Gasteiger partial charge < -0.3 is 19.7 Å². The van der Waals surface area contributed by atoms with Gasteiger partial charge in [0, 0.05) is 60.4 Å². The van der Waals surface area contributed by atoms with Gasteiger partial charge in [-0.15, -0.1) is 0 Å². The smallest absolute Gasteiger partial charge is 0.126 e. The quantitative estimate of drug-likeness (QED) is 0.135. The lowest BCUT2D eigenvalue weighted by atomic mass is 9.91. The Morgan fingerprint density at radius 3 is 1.00 bits per heavy atom. The summed E-state index contributed by atoms with van der Waals surface area (Å²) in [5.74, 6) is 1.84. The molecule has 0 radical (unpaired) electrons. The molecule has 0 aliphatic heterocycles. The Morgan fingerprint density at radius 2 is 0.677 bits per heavy atom. The predicted molar refractivity (Wildman–Crippen MR) is 249 cm³/mol. The third-order valence-electron chi connectivity index (χ3n) is 11.2. The minimum atomic E-state index is 0.207. The zero-order valence-corrected chi connectivity index (χ0v) is 34.3. The van der Waals surface area contributed by atoms with Crippen molar-refractivity contribution in [1.82, 2.24) is 0 Å². The fourth-order valence-electron chi connectivity index (χ4n) is 8.03. The van der Waals surface area contributed by atoms with E-state index in [-0.39, 0.29) is 11.5 Å². The molecule has 62 heavy (non-hydrogen) atoms. The Balaban J connectivity index is 1.22. The second-order valence-electron chi connectivity index (χ2n) is 15.6. The summed E-state index contributed by atoms with van der Waals surface area (Å²) in [7, 11) is 0. The van der Waals surface area contributed by atoms with Crippen molar-refractivity contribution in [3.63, 3.8) is 0 Å². The highest BCUT2D eigenvalue weighted by molar-refractivity contribution is 5.83. The van der Waals surface area contributed by atoms with Crippen LogP contribution in [0.2, 0.25) is 0 Å². The van der Waals surface area contributed by atoms with Gasteiger partial charge in [0.05, 0.1) is 11.4 Å². The zero-order chi connectivity index (χ0) is 42.1. The summed E-state index contributed by atoms with van der Waals surface area (Å²) in [5, 5.41) is 24.5. The van der Waals surface area contributed by atoms with Crippen molar-refractivity contribution in [2.75, 3.05) is 0 Å². The van der Waals surface area contributed by atoms with E-state index in [1.165, 1.54) is 0 Å². The molecule has 304 valence electrons. The molecule has 1 aliphatic carbocycles. The standard InChI is InChI=1S/C56H46N2O4/c59-53-47-27-43-23-13-25-45(55(43)61-37-41-19-9-3-10-20-41)29-49-33-52(58-36-40-17-7-2-8-18-40)34-50(54(49)60)30-46-26-14-24-44(56(46)62-38-42-21-11-4-12-22-42)28-48(53)32-51(31-47)57-35-39-15-5-1-6-16-39/h1-26,31-36,59-60H,27-30,37-38H2. The van der Waals surface area contributed by atoms with Crippen molar-refractivity contribution >= 4 is 23.8 Å². The summed E-state index contributed by atoms with van der Waals surface area (Å²) in [6.45, 7) is 0.699. The number of aliphatic imine (C=N–C) groups is 2. The first-order chi connectivity index (χ1) is 30.5. The second kappa shape index (κ2) is 18.7. The van der Waals surface area contributed by atoms with E-state index in [9.17, 15) is 10.2 Å². The minimum Gasteiger partial charge on any atom is -0.507 e. The maximum atomic E-state index is 12.3. The van der Waals surface area contributed by atoms with E-state index < -0.39 is 0 Å². The van der Waals surface area contributed by atoms with E-state index in [0.717, 1.165) is 78.1 Å². The van der Waals surface area contributed by atoms with Gasteiger partial charge in [0.15, 0.2) is 0 Å². The third kappa shape index (κ3) is 9.51. The number of phenols is 2.